The first-order valence-electron chi connectivity index (χ1n) is 7.10. The summed E-state index contributed by atoms with van der Waals surface area (Å²) in [5.41, 5.74) is -0.00515. The number of carbonyl (C=O) groups is 1. The molecule has 0 saturated heterocycles. The van der Waals surface area contributed by atoms with Crippen LogP contribution in [0, 0.1) is 11.6 Å². The Morgan fingerprint density at radius 3 is 2.84 bits per heavy atom. The summed E-state index contributed by atoms with van der Waals surface area (Å²) in [5.74, 6) is -2.17. The molecule has 3 rings (SSSR count). The number of fused-ring (bicyclic) bond motifs is 1. The van der Waals surface area contributed by atoms with Crippen LogP contribution in [0.1, 0.15) is 0 Å². The van der Waals surface area contributed by atoms with Gasteiger partial charge in [-0.1, -0.05) is 17.3 Å². The number of halogens is 2. The zero-order valence-electron chi connectivity index (χ0n) is 12.7. The van der Waals surface area contributed by atoms with Crippen molar-refractivity contribution in [1.29, 1.82) is 0 Å². The first kappa shape index (κ1) is 17.0. The fraction of sp³-hybridized carbons (Fsp3) is 0.125. The molecule has 0 unspecified atom stereocenters. The van der Waals surface area contributed by atoms with E-state index in [-0.39, 0.29) is 10.6 Å². The van der Waals surface area contributed by atoms with E-state index in [4.69, 9.17) is 4.74 Å². The molecule has 0 radical (unpaired) electrons. The molecule has 2 aromatic carbocycles. The normalized spacial score (nSPS) is 10.8. The molecule has 0 aliphatic rings. The Morgan fingerprint density at radius 2 is 2.00 bits per heavy atom. The standard InChI is InChI=1S/C16H11F2N3O3S/c17-10-5-6-12(18)14(7-10)25-8-15(22)24-9-21-16(23)11-3-1-2-4-13(11)19-20-21/h1-7H,8-9H2. The van der Waals surface area contributed by atoms with E-state index in [1.807, 2.05) is 0 Å². The smallest absolute Gasteiger partial charge is 0.318 e. The number of rotatable bonds is 5. The number of hydrogen-bond acceptors (Lipinski definition) is 6. The third-order valence-corrected chi connectivity index (χ3v) is 4.22. The topological polar surface area (TPSA) is 74.1 Å². The fourth-order valence-corrected chi connectivity index (χ4v) is 2.77. The number of ether oxygens (including phenoxy) is 1. The van der Waals surface area contributed by atoms with Crippen molar-refractivity contribution in [2.24, 2.45) is 0 Å². The summed E-state index contributed by atoms with van der Waals surface area (Å²) in [6.45, 7) is -0.415. The van der Waals surface area contributed by atoms with Crippen molar-refractivity contribution < 1.29 is 18.3 Å². The van der Waals surface area contributed by atoms with Crippen LogP contribution >= 0.6 is 11.8 Å². The van der Waals surface area contributed by atoms with E-state index in [0.717, 1.165) is 34.6 Å². The van der Waals surface area contributed by atoms with E-state index in [2.05, 4.69) is 10.3 Å². The Morgan fingerprint density at radius 1 is 1.20 bits per heavy atom. The molecule has 1 aromatic heterocycles. The Hall–Kier alpha value is -2.81. The van der Waals surface area contributed by atoms with Crippen molar-refractivity contribution in [3.8, 4) is 0 Å². The maximum atomic E-state index is 13.5. The highest BCUT2D eigenvalue weighted by Gasteiger charge is 2.11. The number of benzene rings is 2. The first-order chi connectivity index (χ1) is 12.0. The van der Waals surface area contributed by atoms with Crippen LogP contribution in [0.3, 0.4) is 0 Å². The van der Waals surface area contributed by atoms with Crippen molar-refractivity contribution in [3.05, 3.63) is 64.5 Å². The van der Waals surface area contributed by atoms with Gasteiger partial charge in [0.25, 0.3) is 5.56 Å². The van der Waals surface area contributed by atoms with Gasteiger partial charge in [0.05, 0.1) is 11.1 Å². The number of nitrogens with zero attached hydrogens (tertiary/aromatic N) is 3. The van der Waals surface area contributed by atoms with Crippen LogP contribution in [0.2, 0.25) is 0 Å². The Balaban J connectivity index is 1.62. The Kier molecular flexibility index (Phi) is 5.03. The monoisotopic (exact) mass is 363 g/mol. The van der Waals surface area contributed by atoms with Crippen LogP contribution in [0.25, 0.3) is 10.9 Å². The molecule has 25 heavy (non-hydrogen) atoms. The van der Waals surface area contributed by atoms with Gasteiger partial charge >= 0.3 is 5.97 Å². The van der Waals surface area contributed by atoms with Gasteiger partial charge in [-0.25, -0.2) is 8.78 Å². The SMILES string of the molecule is O=C(CSc1cc(F)ccc1F)OCn1nnc2ccccc2c1=O. The van der Waals surface area contributed by atoms with Gasteiger partial charge < -0.3 is 4.74 Å². The minimum absolute atomic E-state index is 0.000358. The molecule has 9 heteroatoms. The molecule has 3 aromatic rings. The lowest BCUT2D eigenvalue weighted by molar-refractivity contribution is -0.144. The summed E-state index contributed by atoms with van der Waals surface area (Å²) in [7, 11) is 0. The van der Waals surface area contributed by atoms with Gasteiger partial charge in [0.2, 0.25) is 0 Å². The Bertz CT molecular complexity index is 994. The first-order valence-corrected chi connectivity index (χ1v) is 8.09. The van der Waals surface area contributed by atoms with Gasteiger partial charge in [-0.15, -0.1) is 16.9 Å². The number of thioether (sulfide) groups is 1. The van der Waals surface area contributed by atoms with Crippen molar-refractivity contribution in [2.75, 3.05) is 5.75 Å². The van der Waals surface area contributed by atoms with Crippen molar-refractivity contribution in [2.45, 2.75) is 11.6 Å². The second kappa shape index (κ2) is 7.39. The highest BCUT2D eigenvalue weighted by Crippen LogP contribution is 2.22. The number of hydrogen-bond donors (Lipinski definition) is 0. The zero-order chi connectivity index (χ0) is 17.8. The van der Waals surface area contributed by atoms with E-state index in [1.165, 1.54) is 0 Å². The van der Waals surface area contributed by atoms with Gasteiger partial charge in [0.15, 0.2) is 6.73 Å². The molecule has 0 spiro atoms. The minimum Gasteiger partial charge on any atom is -0.441 e. The molecule has 0 N–H and O–H groups in total. The fourth-order valence-electron chi connectivity index (χ4n) is 2.01. The molecule has 128 valence electrons. The highest BCUT2D eigenvalue weighted by molar-refractivity contribution is 8.00. The van der Waals surface area contributed by atoms with Crippen LogP contribution < -0.4 is 5.56 Å². The average molecular weight is 363 g/mol. The van der Waals surface area contributed by atoms with Crippen molar-refractivity contribution >= 4 is 28.6 Å². The van der Waals surface area contributed by atoms with E-state index >= 15 is 0 Å². The summed E-state index contributed by atoms with van der Waals surface area (Å²) in [5, 5.41) is 7.89. The highest BCUT2D eigenvalue weighted by atomic mass is 32.2. The van der Waals surface area contributed by atoms with Crippen LogP contribution in [-0.4, -0.2) is 26.7 Å². The van der Waals surface area contributed by atoms with E-state index in [0.29, 0.717) is 10.9 Å². The molecule has 0 bridgehead atoms. The molecule has 0 fully saturated rings. The van der Waals surface area contributed by atoms with Crippen LogP contribution in [0.5, 0.6) is 0 Å². The molecule has 0 aliphatic heterocycles. The molecule has 0 atom stereocenters. The van der Waals surface area contributed by atoms with Crippen LogP contribution in [0.4, 0.5) is 8.78 Å². The Labute approximate surface area is 144 Å². The number of aromatic nitrogens is 3. The molecule has 0 aliphatic carbocycles. The second-order valence-electron chi connectivity index (χ2n) is 4.92. The molecule has 0 saturated carbocycles. The summed E-state index contributed by atoms with van der Waals surface area (Å²) < 4.78 is 32.4. The zero-order valence-corrected chi connectivity index (χ0v) is 13.5. The third kappa shape index (κ3) is 4.00. The molecular formula is C16H11F2N3O3S. The molecule has 1 heterocycles. The van der Waals surface area contributed by atoms with Gasteiger partial charge in [0, 0.05) is 4.90 Å². The predicted octanol–water partition coefficient (Wildman–Crippen LogP) is 2.36. The third-order valence-electron chi connectivity index (χ3n) is 3.22. The van der Waals surface area contributed by atoms with Crippen LogP contribution in [-0.2, 0) is 16.3 Å². The maximum Gasteiger partial charge on any atom is 0.318 e. The second-order valence-corrected chi connectivity index (χ2v) is 5.94. The molecule has 6 nitrogen and oxygen atoms in total. The average Bonchev–Trinajstić information content (AvgIpc) is 2.62. The van der Waals surface area contributed by atoms with Crippen LogP contribution in [0.15, 0.2) is 52.2 Å². The van der Waals surface area contributed by atoms with E-state index < -0.39 is 29.9 Å². The lowest BCUT2D eigenvalue weighted by atomic mass is 10.2. The van der Waals surface area contributed by atoms with Gasteiger partial charge in [-0.3, -0.25) is 9.59 Å². The summed E-state index contributed by atoms with van der Waals surface area (Å²) in [6.07, 6.45) is 0. The van der Waals surface area contributed by atoms with Crippen molar-refractivity contribution in [3.63, 3.8) is 0 Å². The van der Waals surface area contributed by atoms with E-state index in [9.17, 15) is 18.4 Å². The number of esters is 1. The van der Waals surface area contributed by atoms with Gasteiger partial charge in [0.1, 0.15) is 17.2 Å². The largest absolute Gasteiger partial charge is 0.441 e. The number of carbonyl (C=O) groups excluding carboxylic acids is 1. The summed E-state index contributed by atoms with van der Waals surface area (Å²) in [4.78, 5) is 23.9. The van der Waals surface area contributed by atoms with Gasteiger partial charge in [-0.05, 0) is 30.3 Å². The van der Waals surface area contributed by atoms with E-state index in [1.54, 1.807) is 24.3 Å². The molecular weight excluding hydrogens is 352 g/mol. The minimum atomic E-state index is -0.699. The lowest BCUT2D eigenvalue weighted by Crippen LogP contribution is -2.26. The maximum absolute atomic E-state index is 13.5. The molecule has 0 amide bonds. The quantitative estimate of drug-likeness (QED) is 0.512. The lowest BCUT2D eigenvalue weighted by Gasteiger charge is -2.07. The summed E-state index contributed by atoms with van der Waals surface area (Å²) in [6, 6.07) is 9.61. The summed E-state index contributed by atoms with van der Waals surface area (Å²) >= 11 is 0.798. The predicted molar refractivity (Wildman–Crippen MR) is 87.0 cm³/mol. The van der Waals surface area contributed by atoms with Gasteiger partial charge in [-0.2, -0.15) is 4.68 Å². The van der Waals surface area contributed by atoms with Crippen molar-refractivity contribution in [1.82, 2.24) is 15.0 Å².